The highest BCUT2D eigenvalue weighted by Gasteiger charge is 2.24. The number of nitrogens with one attached hydrogen (secondary N) is 1. The second-order valence-corrected chi connectivity index (χ2v) is 5.29. The summed E-state index contributed by atoms with van der Waals surface area (Å²) in [6.07, 6.45) is 2.14. The summed E-state index contributed by atoms with van der Waals surface area (Å²) in [5.41, 5.74) is 1.45. The number of hydrogen-bond acceptors (Lipinski definition) is 3. The Morgan fingerprint density at radius 2 is 2.25 bits per heavy atom. The average molecular weight is 274 g/mol. The van der Waals surface area contributed by atoms with Gasteiger partial charge in [-0.2, -0.15) is 0 Å². The molecule has 3 rings (SSSR count). The summed E-state index contributed by atoms with van der Waals surface area (Å²) >= 11 is 0. The lowest BCUT2D eigenvalue weighted by molar-refractivity contribution is 0.394. The Hall–Kier alpha value is -1.75. The summed E-state index contributed by atoms with van der Waals surface area (Å²) in [5.74, 6) is 1.54. The van der Waals surface area contributed by atoms with E-state index in [-0.39, 0.29) is 11.9 Å². The zero-order valence-electron chi connectivity index (χ0n) is 11.9. The summed E-state index contributed by atoms with van der Waals surface area (Å²) in [4.78, 5) is 0. The van der Waals surface area contributed by atoms with Gasteiger partial charge in [-0.25, -0.2) is 4.39 Å². The molecule has 0 fully saturated rings. The van der Waals surface area contributed by atoms with Crippen molar-refractivity contribution in [2.75, 3.05) is 6.54 Å². The SMILES string of the molecule is CCCC1NCCn2c(-c3ccc(C)c(F)c3)nnc21. The molecule has 20 heavy (non-hydrogen) atoms. The maximum atomic E-state index is 13.7. The van der Waals surface area contributed by atoms with Gasteiger partial charge in [0.1, 0.15) is 5.82 Å². The van der Waals surface area contributed by atoms with Crippen molar-refractivity contribution in [3.63, 3.8) is 0 Å². The van der Waals surface area contributed by atoms with Crippen molar-refractivity contribution in [1.82, 2.24) is 20.1 Å². The van der Waals surface area contributed by atoms with Crippen LogP contribution in [0.3, 0.4) is 0 Å². The molecular formula is C15H19FN4. The van der Waals surface area contributed by atoms with Crippen LogP contribution >= 0.6 is 0 Å². The van der Waals surface area contributed by atoms with E-state index >= 15 is 0 Å². The minimum absolute atomic E-state index is 0.195. The molecule has 5 heteroatoms. The Morgan fingerprint density at radius 3 is 3.00 bits per heavy atom. The van der Waals surface area contributed by atoms with Gasteiger partial charge in [-0.1, -0.05) is 25.5 Å². The lowest BCUT2D eigenvalue weighted by Crippen LogP contribution is -2.33. The van der Waals surface area contributed by atoms with Crippen LogP contribution in [0.15, 0.2) is 18.2 Å². The van der Waals surface area contributed by atoms with Crippen LogP contribution in [0.2, 0.25) is 0 Å². The van der Waals surface area contributed by atoms with Crippen molar-refractivity contribution >= 4 is 0 Å². The molecule has 1 aromatic carbocycles. The van der Waals surface area contributed by atoms with Crippen LogP contribution in [-0.4, -0.2) is 21.3 Å². The second-order valence-electron chi connectivity index (χ2n) is 5.29. The fourth-order valence-electron chi connectivity index (χ4n) is 2.70. The first-order valence-electron chi connectivity index (χ1n) is 7.13. The highest BCUT2D eigenvalue weighted by Crippen LogP contribution is 2.26. The molecule has 0 amide bonds. The number of benzene rings is 1. The third kappa shape index (κ3) is 2.22. The number of rotatable bonds is 3. The average Bonchev–Trinajstić information content (AvgIpc) is 2.87. The molecule has 2 aromatic rings. The smallest absolute Gasteiger partial charge is 0.164 e. The first kappa shape index (κ1) is 13.2. The molecule has 1 N–H and O–H groups in total. The third-order valence-electron chi connectivity index (χ3n) is 3.82. The molecule has 1 aliphatic heterocycles. The fraction of sp³-hybridized carbons (Fsp3) is 0.467. The summed E-state index contributed by atoms with van der Waals surface area (Å²) in [5, 5.41) is 12.1. The Kier molecular flexibility index (Phi) is 3.53. The minimum atomic E-state index is -0.195. The summed E-state index contributed by atoms with van der Waals surface area (Å²) in [7, 11) is 0. The molecule has 2 heterocycles. The zero-order chi connectivity index (χ0) is 14.1. The predicted octanol–water partition coefficient (Wildman–Crippen LogP) is 2.84. The Balaban J connectivity index is 2.01. The lowest BCUT2D eigenvalue weighted by atomic mass is 10.1. The number of fused-ring (bicyclic) bond motifs is 1. The first-order valence-corrected chi connectivity index (χ1v) is 7.13. The van der Waals surface area contributed by atoms with Gasteiger partial charge in [-0.05, 0) is 25.0 Å². The van der Waals surface area contributed by atoms with Crippen molar-refractivity contribution < 1.29 is 4.39 Å². The molecule has 0 saturated carbocycles. The van der Waals surface area contributed by atoms with E-state index in [1.807, 2.05) is 6.07 Å². The summed E-state index contributed by atoms with van der Waals surface area (Å²) < 4.78 is 15.8. The topological polar surface area (TPSA) is 42.7 Å². The molecule has 0 radical (unpaired) electrons. The van der Waals surface area contributed by atoms with E-state index in [4.69, 9.17) is 0 Å². The van der Waals surface area contributed by atoms with Crippen LogP contribution in [0.4, 0.5) is 4.39 Å². The highest BCUT2D eigenvalue weighted by atomic mass is 19.1. The third-order valence-corrected chi connectivity index (χ3v) is 3.82. The zero-order valence-corrected chi connectivity index (χ0v) is 11.9. The summed E-state index contributed by atoms with van der Waals surface area (Å²) in [6, 6.07) is 5.50. The number of nitrogens with zero attached hydrogens (tertiary/aromatic N) is 3. The maximum Gasteiger partial charge on any atom is 0.164 e. The van der Waals surface area contributed by atoms with Gasteiger partial charge >= 0.3 is 0 Å². The van der Waals surface area contributed by atoms with Crippen molar-refractivity contribution in [1.29, 1.82) is 0 Å². The Morgan fingerprint density at radius 1 is 1.40 bits per heavy atom. The van der Waals surface area contributed by atoms with E-state index in [1.54, 1.807) is 19.1 Å². The predicted molar refractivity (Wildman–Crippen MR) is 75.8 cm³/mol. The molecule has 0 aliphatic carbocycles. The van der Waals surface area contributed by atoms with E-state index in [0.717, 1.165) is 43.1 Å². The van der Waals surface area contributed by atoms with Crippen molar-refractivity contribution in [3.05, 3.63) is 35.4 Å². The van der Waals surface area contributed by atoms with Gasteiger partial charge in [0.25, 0.3) is 0 Å². The Labute approximate surface area is 118 Å². The van der Waals surface area contributed by atoms with Crippen molar-refractivity contribution in [2.45, 2.75) is 39.3 Å². The molecule has 4 nitrogen and oxygen atoms in total. The highest BCUT2D eigenvalue weighted by molar-refractivity contribution is 5.56. The van der Waals surface area contributed by atoms with Crippen LogP contribution in [-0.2, 0) is 6.54 Å². The lowest BCUT2D eigenvalue weighted by Gasteiger charge is -2.24. The van der Waals surface area contributed by atoms with Crippen LogP contribution in [0, 0.1) is 12.7 Å². The van der Waals surface area contributed by atoms with Crippen molar-refractivity contribution in [3.8, 4) is 11.4 Å². The maximum absolute atomic E-state index is 13.7. The minimum Gasteiger partial charge on any atom is -0.308 e. The normalized spacial score (nSPS) is 18.1. The van der Waals surface area contributed by atoms with Gasteiger partial charge in [-0.15, -0.1) is 10.2 Å². The molecule has 0 saturated heterocycles. The fourth-order valence-corrected chi connectivity index (χ4v) is 2.70. The van der Waals surface area contributed by atoms with Gasteiger partial charge in [0.05, 0.1) is 6.04 Å². The van der Waals surface area contributed by atoms with E-state index in [0.29, 0.717) is 5.56 Å². The largest absolute Gasteiger partial charge is 0.308 e. The summed E-state index contributed by atoms with van der Waals surface area (Å²) in [6.45, 7) is 5.65. The number of hydrogen-bond donors (Lipinski definition) is 1. The number of halogens is 1. The molecule has 0 spiro atoms. The molecule has 1 atom stereocenters. The molecule has 0 bridgehead atoms. The molecule has 106 valence electrons. The van der Waals surface area contributed by atoms with Crippen molar-refractivity contribution in [2.24, 2.45) is 0 Å². The second kappa shape index (κ2) is 5.32. The first-order chi connectivity index (χ1) is 9.70. The van der Waals surface area contributed by atoms with Gasteiger partial charge in [0, 0.05) is 18.7 Å². The monoisotopic (exact) mass is 274 g/mol. The van der Waals surface area contributed by atoms with Gasteiger partial charge in [0.2, 0.25) is 0 Å². The molecular weight excluding hydrogens is 255 g/mol. The van der Waals surface area contributed by atoms with Crippen LogP contribution < -0.4 is 5.32 Å². The van der Waals surface area contributed by atoms with Gasteiger partial charge < -0.3 is 9.88 Å². The molecule has 1 unspecified atom stereocenters. The molecule has 1 aliphatic rings. The van der Waals surface area contributed by atoms with E-state index in [9.17, 15) is 4.39 Å². The number of aromatic nitrogens is 3. The standard InChI is InChI=1S/C15H19FN4/c1-3-4-13-15-19-18-14(20(15)8-7-17-13)11-6-5-10(2)12(16)9-11/h5-6,9,13,17H,3-4,7-8H2,1-2H3. The van der Waals surface area contributed by atoms with Crippen LogP contribution in [0.1, 0.15) is 37.2 Å². The quantitative estimate of drug-likeness (QED) is 0.936. The van der Waals surface area contributed by atoms with Crippen LogP contribution in [0.5, 0.6) is 0 Å². The van der Waals surface area contributed by atoms with E-state index in [1.165, 1.54) is 0 Å². The van der Waals surface area contributed by atoms with Crippen LogP contribution in [0.25, 0.3) is 11.4 Å². The van der Waals surface area contributed by atoms with Gasteiger partial charge in [-0.3, -0.25) is 0 Å². The van der Waals surface area contributed by atoms with E-state index < -0.39 is 0 Å². The Bertz CT molecular complexity index is 620. The number of aryl methyl sites for hydroxylation is 1. The molecule has 1 aromatic heterocycles. The van der Waals surface area contributed by atoms with Gasteiger partial charge in [0.15, 0.2) is 11.6 Å². The van der Waals surface area contributed by atoms with E-state index in [2.05, 4.69) is 27.0 Å².